The second-order valence-electron chi connectivity index (χ2n) is 13.7. The van der Waals surface area contributed by atoms with E-state index in [2.05, 4.69) is 39.1 Å². The molecule has 1 saturated heterocycles. The zero-order valence-electron chi connectivity index (χ0n) is 29.5. The maximum Gasteiger partial charge on any atom is 0.408 e. The van der Waals surface area contributed by atoms with Gasteiger partial charge in [0.2, 0.25) is 27.7 Å². The highest BCUT2D eigenvalue weighted by atomic mass is 32.2. The van der Waals surface area contributed by atoms with Crippen LogP contribution in [0.2, 0.25) is 0 Å². The van der Waals surface area contributed by atoms with Crippen LogP contribution >= 0.6 is 0 Å². The Morgan fingerprint density at radius 2 is 1.83 bits per heavy atom. The number of ether oxygens (including phenoxy) is 2. The van der Waals surface area contributed by atoms with E-state index >= 15 is 0 Å². The van der Waals surface area contributed by atoms with E-state index in [1.807, 2.05) is 0 Å². The van der Waals surface area contributed by atoms with E-state index in [-0.39, 0.29) is 19.4 Å². The van der Waals surface area contributed by atoms with E-state index in [0.717, 1.165) is 20.9 Å². The Kier molecular flexibility index (Phi) is 11.8. The first kappa shape index (κ1) is 39.5. The molecule has 1 aliphatic heterocycles. The number of hydrogen-bond donors (Lipinski definition) is 6. The minimum Gasteiger partial charge on any atom is -0.497 e. The van der Waals surface area contributed by atoms with Crippen LogP contribution < -0.4 is 42.2 Å². The number of benzene rings is 1. The van der Waals surface area contributed by atoms with Crippen molar-refractivity contribution in [1.82, 2.24) is 25.6 Å². The Labute approximate surface area is 301 Å². The predicted molar refractivity (Wildman–Crippen MR) is 186 cm³/mol. The van der Waals surface area contributed by atoms with Crippen LogP contribution in [0.25, 0.3) is 0 Å². The zero-order chi connectivity index (χ0) is 38.6. The van der Waals surface area contributed by atoms with Crippen LogP contribution in [0.5, 0.6) is 5.75 Å². The number of amides is 5. The highest BCUT2D eigenvalue weighted by Gasteiger charge is 2.62. The summed E-state index contributed by atoms with van der Waals surface area (Å²) < 4.78 is 37.8. The molecule has 20 heteroatoms. The molecule has 3 aliphatic rings. The minimum absolute atomic E-state index is 0.0666. The molecule has 2 saturated carbocycles. The number of nitrogens with two attached hydrogens (primary N) is 2. The molecule has 0 spiro atoms. The van der Waals surface area contributed by atoms with Crippen molar-refractivity contribution >= 4 is 45.4 Å². The van der Waals surface area contributed by atoms with Gasteiger partial charge in [0, 0.05) is 18.9 Å². The van der Waals surface area contributed by atoms with Gasteiger partial charge in [-0.2, -0.15) is 0 Å². The van der Waals surface area contributed by atoms with Gasteiger partial charge in [0.15, 0.2) is 11.7 Å². The molecule has 52 heavy (non-hydrogen) atoms. The molecule has 0 unspecified atom stereocenters. The number of methoxy groups -OCH3 is 1. The molecule has 8 N–H and O–H groups in total. The number of carbonyl (C=O) groups excluding carboxylic acids is 5. The van der Waals surface area contributed by atoms with Crippen LogP contribution in [0.4, 0.5) is 10.5 Å². The van der Waals surface area contributed by atoms with E-state index in [9.17, 15) is 32.4 Å². The largest absolute Gasteiger partial charge is 0.497 e. The number of nitrogens with zero attached hydrogens (tertiary/aromatic N) is 4. The fraction of sp³-hybridized carbons (Fsp3) is 0.531. The molecule has 1 aromatic carbocycles. The Bertz CT molecular complexity index is 1730. The average molecular weight is 748 g/mol. The van der Waals surface area contributed by atoms with Crippen LogP contribution in [-0.2, 0) is 33.9 Å². The third-order valence-corrected chi connectivity index (χ3v) is 10.5. The molecule has 1 heterocycles. The molecule has 3 fully saturated rings. The lowest BCUT2D eigenvalue weighted by atomic mass is 10.1. The van der Waals surface area contributed by atoms with Crippen molar-refractivity contribution < 1.29 is 46.7 Å². The van der Waals surface area contributed by atoms with Gasteiger partial charge in [-0.25, -0.2) is 13.2 Å². The number of hydrazine groups is 2. The molecule has 284 valence electrons. The van der Waals surface area contributed by atoms with E-state index < -0.39 is 86.7 Å². The number of carbonyl (C=O) groups is 5. The summed E-state index contributed by atoms with van der Waals surface area (Å²) in [5.41, 5.74) is -2.15. The standard InChI is InChI=1S/C32H46N10O9S/c1-7-19-16-32(19,29(46)38-52(48,49)23-13-14-23)37-27(44)25-15-21(42(34)39-41(33)20-9-11-22(50-6)12-10-20)18-40(25)28(45)24(17-35-26(43)8-2)36-30(47)51-31(3,4)5/h7-12,19,21,23-25H,1-2,13-18H2,3-6H3,(H7-,33,34,35,36,37,38,39,43,44,46,47)/p+1/t19-,21-,24+,25+,32-/m1/s1. The fourth-order valence-electron chi connectivity index (χ4n) is 5.61. The van der Waals surface area contributed by atoms with E-state index in [1.165, 1.54) is 13.2 Å². The van der Waals surface area contributed by atoms with Gasteiger partial charge in [-0.3, -0.25) is 29.7 Å². The summed E-state index contributed by atoms with van der Waals surface area (Å²) in [5, 5.41) is 12.1. The Morgan fingerprint density at radius 1 is 1.17 bits per heavy atom. The maximum atomic E-state index is 14.2. The second kappa shape index (κ2) is 15.6. The van der Waals surface area contributed by atoms with Crippen molar-refractivity contribution in [1.29, 1.82) is 0 Å². The Hall–Kier alpha value is -5.24. The fourth-order valence-corrected chi connectivity index (χ4v) is 6.98. The molecule has 5 atom stereocenters. The quantitative estimate of drug-likeness (QED) is 0.0330. The Morgan fingerprint density at radius 3 is 2.37 bits per heavy atom. The van der Waals surface area contributed by atoms with Crippen LogP contribution in [0, 0.1) is 5.92 Å². The number of alkyl carbamates (subject to hydrolysis) is 1. The van der Waals surface area contributed by atoms with Gasteiger partial charge >= 0.3 is 6.09 Å². The number of anilines is 1. The molecule has 19 nitrogen and oxygen atoms in total. The van der Waals surface area contributed by atoms with E-state index in [4.69, 9.17) is 21.2 Å². The van der Waals surface area contributed by atoms with Crippen molar-refractivity contribution in [3.05, 3.63) is 49.6 Å². The van der Waals surface area contributed by atoms with Crippen molar-refractivity contribution in [2.75, 3.05) is 25.3 Å². The molecule has 1 aromatic rings. The first-order chi connectivity index (χ1) is 24.3. The van der Waals surface area contributed by atoms with Crippen LogP contribution in [0.1, 0.15) is 46.5 Å². The number of rotatable bonds is 15. The van der Waals surface area contributed by atoms with Crippen LogP contribution in [-0.4, -0.2) is 103 Å². The highest BCUT2D eigenvalue weighted by molar-refractivity contribution is 7.91. The van der Waals surface area contributed by atoms with E-state index in [1.54, 1.807) is 45.0 Å². The maximum absolute atomic E-state index is 14.2. The number of nitrogens with one attached hydrogen (secondary N) is 4. The number of sulfonamides is 1. The van der Waals surface area contributed by atoms with Crippen molar-refractivity contribution in [3.63, 3.8) is 0 Å². The predicted octanol–water partition coefficient (Wildman–Crippen LogP) is -0.537. The van der Waals surface area contributed by atoms with Gasteiger partial charge in [-0.1, -0.05) is 22.6 Å². The summed E-state index contributed by atoms with van der Waals surface area (Å²) in [6.45, 7) is 11.3. The lowest BCUT2D eigenvalue weighted by molar-refractivity contribution is -0.638. The van der Waals surface area contributed by atoms with Gasteiger partial charge in [0.1, 0.15) is 34.2 Å². The summed E-state index contributed by atoms with van der Waals surface area (Å²) >= 11 is 0. The van der Waals surface area contributed by atoms with Gasteiger partial charge < -0.3 is 30.3 Å². The van der Waals surface area contributed by atoms with Gasteiger partial charge in [0.05, 0.1) is 18.9 Å². The molecule has 0 aromatic heterocycles. The lowest BCUT2D eigenvalue weighted by Crippen LogP contribution is -2.59. The Balaban J connectivity index is 1.64. The molecule has 5 amide bonds. The van der Waals surface area contributed by atoms with Gasteiger partial charge in [0.25, 0.3) is 5.91 Å². The van der Waals surface area contributed by atoms with Gasteiger partial charge in [-0.05, 0) is 70.4 Å². The van der Waals surface area contributed by atoms with Crippen molar-refractivity contribution in [2.24, 2.45) is 22.8 Å². The SMILES string of the molecule is C=CC(=O)NC[C@H](NC(=O)OC(C)(C)C)C(=O)N1C[C@H]([N+](N)=NN(N)c2ccc(OC)cc2)C[C@H]1C(=O)N[C@]1(C(=O)NS(=O)(=O)C2CC2)C[C@H]1C=C. The smallest absolute Gasteiger partial charge is 0.408 e. The molecule has 4 rings (SSSR count). The summed E-state index contributed by atoms with van der Waals surface area (Å²) in [7, 11) is -2.45. The van der Waals surface area contributed by atoms with Crippen LogP contribution in [0.15, 0.2) is 54.8 Å². The topological polar surface area (TPSA) is 260 Å². The summed E-state index contributed by atoms with van der Waals surface area (Å²) in [6, 6.07) is 2.96. The third-order valence-electron chi connectivity index (χ3n) is 8.68. The number of likely N-dealkylation sites (tertiary alicyclic amines) is 1. The first-order valence-electron chi connectivity index (χ1n) is 16.5. The molecular formula is C32H47N10O9S+. The van der Waals surface area contributed by atoms with E-state index in [0.29, 0.717) is 24.3 Å². The van der Waals surface area contributed by atoms with Crippen LogP contribution in [0.3, 0.4) is 0 Å². The summed E-state index contributed by atoms with van der Waals surface area (Å²) in [6.07, 6.45) is 2.20. The lowest BCUT2D eigenvalue weighted by Gasteiger charge is -2.30. The normalized spacial score (nSPS) is 23.4. The summed E-state index contributed by atoms with van der Waals surface area (Å²) in [4.78, 5) is 68.7. The van der Waals surface area contributed by atoms with Crippen molar-refractivity contribution in [2.45, 2.75) is 81.0 Å². The third kappa shape index (κ3) is 9.55. The van der Waals surface area contributed by atoms with Crippen molar-refractivity contribution in [3.8, 4) is 5.75 Å². The molecule has 0 bridgehead atoms. The minimum atomic E-state index is -3.95. The summed E-state index contributed by atoms with van der Waals surface area (Å²) in [5.74, 6) is 9.27. The monoisotopic (exact) mass is 747 g/mol. The number of hydrogen-bond acceptors (Lipinski definition) is 11. The molecule has 2 aliphatic carbocycles. The average Bonchev–Trinajstić information content (AvgIpc) is 4.01. The zero-order valence-corrected chi connectivity index (χ0v) is 30.4. The molecule has 0 radical (unpaired) electrons. The highest BCUT2D eigenvalue weighted by Crippen LogP contribution is 2.45. The van der Waals surface area contributed by atoms with Gasteiger partial charge in [-0.15, -0.1) is 12.4 Å². The molecular weight excluding hydrogens is 700 g/mol. The first-order valence-corrected chi connectivity index (χ1v) is 18.0. The second-order valence-corrected chi connectivity index (χ2v) is 15.7.